The van der Waals surface area contributed by atoms with E-state index >= 15 is 0 Å². The van der Waals surface area contributed by atoms with E-state index in [1.54, 1.807) is 16.2 Å². The van der Waals surface area contributed by atoms with Crippen molar-refractivity contribution in [2.24, 2.45) is 0 Å². The number of aryl methyl sites for hydroxylation is 1. The highest BCUT2D eigenvalue weighted by molar-refractivity contribution is 7.16. The minimum Gasteiger partial charge on any atom is -0.444 e. The molecule has 2 N–H and O–H groups in total. The van der Waals surface area contributed by atoms with Crippen LogP contribution in [0.5, 0.6) is 0 Å². The number of anilines is 3. The molecule has 0 unspecified atom stereocenters. The normalized spacial score (nSPS) is 14.5. The Kier molecular flexibility index (Phi) is 6.84. The summed E-state index contributed by atoms with van der Waals surface area (Å²) < 4.78 is 5.50. The zero-order chi connectivity index (χ0) is 26.0. The number of thiazole rings is 1. The number of ether oxygens (including phenoxy) is 1. The number of fused-ring (bicyclic) bond motifs is 1. The Morgan fingerprint density at radius 3 is 2.70 bits per heavy atom. The summed E-state index contributed by atoms with van der Waals surface area (Å²) in [6.45, 7) is 10.0. The Hall–Kier alpha value is -3.92. The molecule has 1 fully saturated rings. The van der Waals surface area contributed by atoms with Gasteiger partial charge in [-0.05, 0) is 62.9 Å². The monoisotopic (exact) mass is 517 g/mol. The van der Waals surface area contributed by atoms with Gasteiger partial charge in [-0.3, -0.25) is 0 Å². The second-order valence-electron chi connectivity index (χ2n) is 9.96. The van der Waals surface area contributed by atoms with Crippen molar-refractivity contribution in [2.45, 2.75) is 33.3 Å². The third-order valence-corrected chi connectivity index (χ3v) is 6.73. The summed E-state index contributed by atoms with van der Waals surface area (Å²) in [7, 11) is 0. The number of aromatic amines is 1. The molecule has 1 amide bonds. The number of carbonyl (C=O) groups is 1. The standard InChI is InChI=1S/C27H31N7O2S/c1-18-30-23(16-24(31-18)33-11-13-34(14-12-33)26(35)36-27(2,3)4)32-25-29-17-21(37-25)7-5-19-6-8-22-20(15-19)9-10-28-22/h5-10,15-17,28H,11-14H2,1-4H3,(H,29,30,31,32)/b7-5+. The van der Waals surface area contributed by atoms with Gasteiger partial charge in [-0.2, -0.15) is 0 Å². The van der Waals surface area contributed by atoms with Crippen molar-refractivity contribution in [2.75, 3.05) is 36.4 Å². The van der Waals surface area contributed by atoms with Crippen LogP contribution in [-0.2, 0) is 4.74 Å². The summed E-state index contributed by atoms with van der Waals surface area (Å²) in [5, 5.41) is 5.28. The molecule has 0 saturated carbocycles. The third kappa shape index (κ3) is 6.26. The van der Waals surface area contributed by atoms with Crippen molar-refractivity contribution >= 4 is 57.3 Å². The third-order valence-electron chi connectivity index (χ3n) is 5.86. The number of H-pyrrole nitrogens is 1. The number of hydrogen-bond donors (Lipinski definition) is 2. The zero-order valence-electron chi connectivity index (χ0n) is 21.5. The molecule has 0 aliphatic carbocycles. The van der Waals surface area contributed by atoms with Gasteiger partial charge in [0.1, 0.15) is 23.1 Å². The van der Waals surface area contributed by atoms with Crippen LogP contribution in [0.25, 0.3) is 23.1 Å². The predicted molar refractivity (Wildman–Crippen MR) is 149 cm³/mol. The first-order chi connectivity index (χ1) is 17.7. The Balaban J connectivity index is 1.21. The molecule has 4 aromatic rings. The molecule has 37 heavy (non-hydrogen) atoms. The van der Waals surface area contributed by atoms with Crippen LogP contribution in [0, 0.1) is 6.92 Å². The number of nitrogens with one attached hydrogen (secondary N) is 2. The quantitative estimate of drug-likeness (QED) is 0.351. The van der Waals surface area contributed by atoms with Crippen molar-refractivity contribution in [3.05, 3.63) is 59.0 Å². The fourth-order valence-corrected chi connectivity index (χ4v) is 4.83. The SMILES string of the molecule is Cc1nc(Nc2ncc(/C=C/c3ccc4[nH]ccc4c3)s2)cc(N2CCN(C(=O)OC(C)(C)C)CC2)n1. The highest BCUT2D eigenvalue weighted by Crippen LogP contribution is 2.26. The lowest BCUT2D eigenvalue weighted by atomic mass is 10.1. The first-order valence-electron chi connectivity index (χ1n) is 12.3. The van der Waals surface area contributed by atoms with Crippen molar-refractivity contribution in [3.63, 3.8) is 0 Å². The Morgan fingerprint density at radius 2 is 1.92 bits per heavy atom. The van der Waals surface area contributed by atoms with Crippen molar-refractivity contribution in [1.82, 2.24) is 24.8 Å². The van der Waals surface area contributed by atoms with Crippen molar-refractivity contribution in [3.8, 4) is 0 Å². The van der Waals surface area contributed by atoms with E-state index < -0.39 is 5.60 Å². The van der Waals surface area contributed by atoms with E-state index in [9.17, 15) is 4.79 Å². The van der Waals surface area contributed by atoms with E-state index in [0.29, 0.717) is 37.8 Å². The van der Waals surface area contributed by atoms with Gasteiger partial charge in [0, 0.05) is 55.0 Å². The number of nitrogens with zero attached hydrogens (tertiary/aromatic N) is 5. The molecule has 1 saturated heterocycles. The molecule has 192 valence electrons. The molecule has 5 rings (SSSR count). The summed E-state index contributed by atoms with van der Waals surface area (Å²) in [5.74, 6) is 2.20. The van der Waals surface area contributed by atoms with Gasteiger partial charge in [0.2, 0.25) is 0 Å². The van der Waals surface area contributed by atoms with Crippen LogP contribution in [0.3, 0.4) is 0 Å². The maximum atomic E-state index is 12.4. The molecule has 10 heteroatoms. The Labute approximate surface area is 220 Å². The second kappa shape index (κ2) is 10.2. The molecular weight excluding hydrogens is 486 g/mol. The number of amides is 1. The number of rotatable bonds is 5. The van der Waals surface area contributed by atoms with Crippen LogP contribution < -0.4 is 10.2 Å². The molecule has 0 radical (unpaired) electrons. The van der Waals surface area contributed by atoms with E-state index in [0.717, 1.165) is 26.9 Å². The molecule has 1 aliphatic rings. The smallest absolute Gasteiger partial charge is 0.410 e. The van der Waals surface area contributed by atoms with Crippen LogP contribution in [0.15, 0.2) is 42.7 Å². The molecule has 0 spiro atoms. The van der Waals surface area contributed by atoms with Gasteiger partial charge < -0.3 is 24.8 Å². The van der Waals surface area contributed by atoms with E-state index in [2.05, 4.69) is 66.6 Å². The molecule has 0 atom stereocenters. The summed E-state index contributed by atoms with van der Waals surface area (Å²) in [5.41, 5.74) is 1.77. The van der Waals surface area contributed by atoms with Crippen molar-refractivity contribution < 1.29 is 9.53 Å². The summed E-state index contributed by atoms with van der Waals surface area (Å²) >= 11 is 1.56. The number of carbonyl (C=O) groups excluding carboxylic acids is 1. The van der Waals surface area contributed by atoms with E-state index in [4.69, 9.17) is 4.74 Å². The summed E-state index contributed by atoms with van der Waals surface area (Å²) in [4.78, 5) is 34.2. The molecular formula is C27H31N7O2S. The highest BCUT2D eigenvalue weighted by atomic mass is 32.1. The van der Waals surface area contributed by atoms with Crippen LogP contribution in [-0.4, -0.2) is 62.7 Å². The Morgan fingerprint density at radius 1 is 1.11 bits per heavy atom. The average Bonchev–Trinajstić information content (AvgIpc) is 3.50. The van der Waals surface area contributed by atoms with Gasteiger partial charge in [-0.25, -0.2) is 19.7 Å². The summed E-state index contributed by atoms with van der Waals surface area (Å²) in [6, 6.07) is 10.3. The summed E-state index contributed by atoms with van der Waals surface area (Å²) in [6.07, 6.45) is 7.68. The molecule has 1 aromatic carbocycles. The largest absolute Gasteiger partial charge is 0.444 e. The minimum atomic E-state index is -0.499. The lowest BCUT2D eigenvalue weighted by molar-refractivity contribution is 0.0240. The maximum Gasteiger partial charge on any atom is 0.410 e. The molecule has 0 bridgehead atoms. The van der Waals surface area contributed by atoms with Gasteiger partial charge in [-0.15, -0.1) is 0 Å². The van der Waals surface area contributed by atoms with Gasteiger partial charge in [0.25, 0.3) is 0 Å². The minimum absolute atomic E-state index is 0.271. The number of hydrogen-bond acceptors (Lipinski definition) is 8. The van der Waals surface area contributed by atoms with Crippen LogP contribution >= 0.6 is 11.3 Å². The van der Waals surface area contributed by atoms with Gasteiger partial charge in [-0.1, -0.05) is 23.5 Å². The fraction of sp³-hybridized carbons (Fsp3) is 0.333. The first-order valence-corrected chi connectivity index (χ1v) is 13.1. The zero-order valence-corrected chi connectivity index (χ0v) is 22.3. The maximum absolute atomic E-state index is 12.4. The van der Waals surface area contributed by atoms with Crippen molar-refractivity contribution in [1.29, 1.82) is 0 Å². The number of aromatic nitrogens is 4. The van der Waals surface area contributed by atoms with Gasteiger partial charge in [0.15, 0.2) is 5.13 Å². The second-order valence-corrected chi connectivity index (χ2v) is 11.0. The predicted octanol–water partition coefficient (Wildman–Crippen LogP) is 5.69. The van der Waals surface area contributed by atoms with Crippen LogP contribution in [0.4, 0.5) is 21.6 Å². The Bertz CT molecular complexity index is 1430. The first kappa shape index (κ1) is 24.8. The average molecular weight is 518 g/mol. The van der Waals surface area contributed by atoms with E-state index in [1.165, 1.54) is 5.39 Å². The molecule has 3 aromatic heterocycles. The topological polar surface area (TPSA) is 99.3 Å². The highest BCUT2D eigenvalue weighted by Gasteiger charge is 2.26. The molecule has 1 aliphatic heterocycles. The van der Waals surface area contributed by atoms with Crippen LogP contribution in [0.1, 0.15) is 37.0 Å². The van der Waals surface area contributed by atoms with Gasteiger partial charge >= 0.3 is 6.09 Å². The number of piperazine rings is 1. The van der Waals surface area contributed by atoms with Gasteiger partial charge in [0.05, 0.1) is 0 Å². The fourth-order valence-electron chi connectivity index (χ4n) is 4.11. The van der Waals surface area contributed by atoms with E-state index in [1.807, 2.05) is 46.2 Å². The van der Waals surface area contributed by atoms with Crippen LogP contribution in [0.2, 0.25) is 0 Å². The molecule has 4 heterocycles. The van der Waals surface area contributed by atoms with E-state index in [-0.39, 0.29) is 6.09 Å². The lowest BCUT2D eigenvalue weighted by Crippen LogP contribution is -2.50. The molecule has 9 nitrogen and oxygen atoms in total. The lowest BCUT2D eigenvalue weighted by Gasteiger charge is -2.36. The number of benzene rings is 1.